The molecule has 0 spiro atoms. The van der Waals surface area contributed by atoms with Crippen LogP contribution in [0, 0.1) is 23.7 Å². The first-order valence-electron chi connectivity index (χ1n) is 9.20. The van der Waals surface area contributed by atoms with Gasteiger partial charge < -0.3 is 9.80 Å². The standard InChI is InChI=1S/C26H24N2/c1-27(2)25-17-13-23(14-18-25)11-9-21-5-7-22(8-6-21)10-12-24-15-19-26(20-16-24)28(3)4/h5-8,13-20H,1-4H3. The molecule has 3 rings (SSSR count). The van der Waals surface area contributed by atoms with Crippen molar-refractivity contribution < 1.29 is 0 Å². The maximum absolute atomic E-state index is 3.21. The Bertz CT molecular complexity index is 946. The fourth-order valence-electron chi connectivity index (χ4n) is 2.61. The Kier molecular flexibility index (Phi) is 6.05. The van der Waals surface area contributed by atoms with Crippen LogP contribution >= 0.6 is 0 Å². The number of anilines is 2. The molecule has 0 saturated heterocycles. The molecule has 0 atom stereocenters. The zero-order chi connectivity index (χ0) is 19.9. The summed E-state index contributed by atoms with van der Waals surface area (Å²) in [6.07, 6.45) is 0. The van der Waals surface area contributed by atoms with Crippen LogP contribution in [-0.4, -0.2) is 28.2 Å². The molecule has 3 aromatic rings. The molecule has 0 aliphatic heterocycles. The second-order valence-electron chi connectivity index (χ2n) is 6.96. The lowest BCUT2D eigenvalue weighted by molar-refractivity contribution is 1.13. The lowest BCUT2D eigenvalue weighted by atomic mass is 10.1. The molecular weight excluding hydrogens is 340 g/mol. The van der Waals surface area contributed by atoms with Gasteiger partial charge in [0.1, 0.15) is 0 Å². The molecule has 0 aliphatic rings. The summed E-state index contributed by atoms with van der Waals surface area (Å²) in [5, 5.41) is 0. The van der Waals surface area contributed by atoms with Gasteiger partial charge in [0.2, 0.25) is 0 Å². The summed E-state index contributed by atoms with van der Waals surface area (Å²) in [5.41, 5.74) is 6.33. The second kappa shape index (κ2) is 8.85. The van der Waals surface area contributed by atoms with Crippen molar-refractivity contribution in [3.63, 3.8) is 0 Å². The highest BCUT2D eigenvalue weighted by molar-refractivity contribution is 5.53. The Balaban J connectivity index is 1.67. The quantitative estimate of drug-likeness (QED) is 0.612. The molecule has 28 heavy (non-hydrogen) atoms. The summed E-state index contributed by atoms with van der Waals surface area (Å²) >= 11 is 0. The first-order valence-corrected chi connectivity index (χ1v) is 9.20. The first-order chi connectivity index (χ1) is 13.5. The fraction of sp³-hybridized carbons (Fsp3) is 0.154. The molecule has 3 aromatic carbocycles. The molecule has 0 amide bonds. The van der Waals surface area contributed by atoms with E-state index in [1.165, 1.54) is 11.4 Å². The monoisotopic (exact) mass is 364 g/mol. The predicted molar refractivity (Wildman–Crippen MR) is 120 cm³/mol. The molecule has 0 radical (unpaired) electrons. The normalized spacial score (nSPS) is 9.57. The van der Waals surface area contributed by atoms with E-state index < -0.39 is 0 Å². The van der Waals surface area contributed by atoms with E-state index in [2.05, 4.69) is 57.7 Å². The summed E-state index contributed by atoms with van der Waals surface area (Å²) in [6, 6.07) is 24.5. The maximum atomic E-state index is 3.21. The zero-order valence-corrected chi connectivity index (χ0v) is 16.8. The number of benzene rings is 3. The van der Waals surface area contributed by atoms with Crippen LogP contribution in [-0.2, 0) is 0 Å². The van der Waals surface area contributed by atoms with E-state index in [1.54, 1.807) is 0 Å². The van der Waals surface area contributed by atoms with Crippen LogP contribution < -0.4 is 9.80 Å². The third kappa shape index (κ3) is 5.19. The molecule has 0 N–H and O–H groups in total. The summed E-state index contributed by atoms with van der Waals surface area (Å²) in [5.74, 6) is 12.8. The Morgan fingerprint density at radius 1 is 0.393 bits per heavy atom. The van der Waals surface area contributed by atoms with Gasteiger partial charge >= 0.3 is 0 Å². The number of hydrogen-bond acceptors (Lipinski definition) is 2. The summed E-state index contributed by atoms with van der Waals surface area (Å²) in [4.78, 5) is 4.15. The van der Waals surface area contributed by atoms with Gasteiger partial charge in [0.05, 0.1) is 0 Å². The van der Waals surface area contributed by atoms with E-state index in [0.717, 1.165) is 22.3 Å². The fourth-order valence-corrected chi connectivity index (χ4v) is 2.61. The highest BCUT2D eigenvalue weighted by Gasteiger charge is 1.95. The van der Waals surface area contributed by atoms with Gasteiger partial charge in [0.15, 0.2) is 0 Å². The van der Waals surface area contributed by atoms with Crippen molar-refractivity contribution in [2.75, 3.05) is 38.0 Å². The Morgan fingerprint density at radius 3 is 0.821 bits per heavy atom. The smallest absolute Gasteiger partial charge is 0.0361 e. The molecule has 2 nitrogen and oxygen atoms in total. The van der Waals surface area contributed by atoms with E-state index >= 15 is 0 Å². The molecule has 0 aromatic heterocycles. The highest BCUT2D eigenvalue weighted by atomic mass is 15.1. The predicted octanol–water partition coefficient (Wildman–Crippen LogP) is 4.62. The van der Waals surface area contributed by atoms with Gasteiger partial charge in [0, 0.05) is 61.8 Å². The van der Waals surface area contributed by atoms with Crippen LogP contribution in [0.4, 0.5) is 11.4 Å². The molecule has 0 heterocycles. The van der Waals surface area contributed by atoms with Crippen LogP contribution in [0.5, 0.6) is 0 Å². The average Bonchev–Trinajstić information content (AvgIpc) is 2.72. The summed E-state index contributed by atoms with van der Waals surface area (Å²) in [7, 11) is 8.13. The summed E-state index contributed by atoms with van der Waals surface area (Å²) < 4.78 is 0. The molecule has 0 fully saturated rings. The third-order valence-corrected chi connectivity index (χ3v) is 4.35. The lowest BCUT2D eigenvalue weighted by Gasteiger charge is -2.11. The van der Waals surface area contributed by atoms with Crippen molar-refractivity contribution in [1.29, 1.82) is 0 Å². The third-order valence-electron chi connectivity index (χ3n) is 4.35. The van der Waals surface area contributed by atoms with Crippen molar-refractivity contribution in [2.24, 2.45) is 0 Å². The van der Waals surface area contributed by atoms with Gasteiger partial charge in [-0.05, 0) is 72.8 Å². The number of hydrogen-bond donors (Lipinski definition) is 0. The Hall–Kier alpha value is -3.62. The van der Waals surface area contributed by atoms with Gasteiger partial charge in [-0.3, -0.25) is 0 Å². The Morgan fingerprint density at radius 2 is 0.607 bits per heavy atom. The second-order valence-corrected chi connectivity index (χ2v) is 6.96. The van der Waals surface area contributed by atoms with Crippen molar-refractivity contribution in [3.05, 3.63) is 95.1 Å². The minimum Gasteiger partial charge on any atom is -0.378 e. The lowest BCUT2D eigenvalue weighted by Crippen LogP contribution is -2.07. The van der Waals surface area contributed by atoms with Crippen molar-refractivity contribution in [3.8, 4) is 23.7 Å². The van der Waals surface area contributed by atoms with Crippen molar-refractivity contribution in [1.82, 2.24) is 0 Å². The van der Waals surface area contributed by atoms with Crippen LogP contribution in [0.1, 0.15) is 22.3 Å². The van der Waals surface area contributed by atoms with Crippen LogP contribution in [0.2, 0.25) is 0 Å². The topological polar surface area (TPSA) is 6.48 Å². The molecular formula is C26H24N2. The minimum atomic E-state index is 0.984. The van der Waals surface area contributed by atoms with E-state index in [1.807, 2.05) is 76.7 Å². The van der Waals surface area contributed by atoms with Gasteiger partial charge in [-0.2, -0.15) is 0 Å². The summed E-state index contributed by atoms with van der Waals surface area (Å²) in [6.45, 7) is 0. The highest BCUT2D eigenvalue weighted by Crippen LogP contribution is 2.13. The average molecular weight is 364 g/mol. The minimum absolute atomic E-state index is 0.984. The number of nitrogens with zero attached hydrogens (tertiary/aromatic N) is 2. The molecule has 2 heteroatoms. The molecule has 138 valence electrons. The van der Waals surface area contributed by atoms with E-state index in [4.69, 9.17) is 0 Å². The van der Waals surface area contributed by atoms with Gasteiger partial charge in [0.25, 0.3) is 0 Å². The first kappa shape index (κ1) is 19.2. The zero-order valence-electron chi connectivity index (χ0n) is 16.8. The van der Waals surface area contributed by atoms with Crippen LogP contribution in [0.3, 0.4) is 0 Å². The SMILES string of the molecule is CN(C)c1ccc(C#Cc2ccc(C#Cc3ccc(N(C)C)cc3)cc2)cc1. The van der Waals surface area contributed by atoms with Crippen LogP contribution in [0.25, 0.3) is 0 Å². The molecule has 0 aliphatic carbocycles. The van der Waals surface area contributed by atoms with E-state index in [0.29, 0.717) is 0 Å². The van der Waals surface area contributed by atoms with Crippen molar-refractivity contribution in [2.45, 2.75) is 0 Å². The molecule has 0 unspecified atom stereocenters. The van der Waals surface area contributed by atoms with E-state index in [9.17, 15) is 0 Å². The maximum Gasteiger partial charge on any atom is 0.0361 e. The largest absolute Gasteiger partial charge is 0.378 e. The van der Waals surface area contributed by atoms with Gasteiger partial charge in [-0.15, -0.1) is 0 Å². The number of rotatable bonds is 2. The van der Waals surface area contributed by atoms with Gasteiger partial charge in [-0.25, -0.2) is 0 Å². The Labute approximate surface area is 168 Å². The van der Waals surface area contributed by atoms with Crippen molar-refractivity contribution >= 4 is 11.4 Å². The molecule has 0 bridgehead atoms. The molecule has 0 saturated carbocycles. The van der Waals surface area contributed by atoms with Gasteiger partial charge in [-0.1, -0.05) is 23.7 Å². The van der Waals surface area contributed by atoms with Crippen LogP contribution in [0.15, 0.2) is 72.8 Å². The van der Waals surface area contributed by atoms with E-state index in [-0.39, 0.29) is 0 Å².